The maximum Gasteiger partial charge on any atom is 0.303 e. The highest BCUT2D eigenvalue weighted by atomic mass is 16.6. The van der Waals surface area contributed by atoms with Gasteiger partial charge in [0.2, 0.25) is 5.95 Å². The maximum atomic E-state index is 11.7. The molecule has 3 aromatic rings. The Labute approximate surface area is 156 Å². The molecule has 27 heavy (non-hydrogen) atoms. The Morgan fingerprint density at radius 2 is 2.04 bits per heavy atom. The monoisotopic (exact) mass is 367 g/mol. The van der Waals surface area contributed by atoms with Gasteiger partial charge in [-0.1, -0.05) is 0 Å². The first-order valence-corrected chi connectivity index (χ1v) is 8.94. The van der Waals surface area contributed by atoms with Crippen LogP contribution in [0, 0.1) is 10.1 Å². The number of pyridine rings is 1. The lowest BCUT2D eigenvalue weighted by Crippen LogP contribution is -2.45. The topological polar surface area (TPSA) is 100 Å². The molecule has 0 spiro atoms. The summed E-state index contributed by atoms with van der Waals surface area (Å²) in [6.45, 7) is 5.81. The number of nitro groups is 1. The summed E-state index contributed by atoms with van der Waals surface area (Å²) < 4.78 is 0. The van der Waals surface area contributed by atoms with Crippen LogP contribution in [0.1, 0.15) is 0 Å². The second kappa shape index (κ2) is 7.37. The van der Waals surface area contributed by atoms with E-state index in [1.807, 2.05) is 6.07 Å². The fourth-order valence-corrected chi connectivity index (χ4v) is 3.39. The second-order valence-electron chi connectivity index (χ2n) is 6.78. The number of nitrogens with one attached hydrogen (secondary N) is 1. The van der Waals surface area contributed by atoms with Gasteiger partial charge in [0.25, 0.3) is 0 Å². The number of nitro benzene ring substituents is 1. The van der Waals surface area contributed by atoms with E-state index in [9.17, 15) is 10.1 Å². The van der Waals surface area contributed by atoms with Crippen LogP contribution in [-0.2, 0) is 0 Å². The van der Waals surface area contributed by atoms with Gasteiger partial charge in [0, 0.05) is 68.6 Å². The van der Waals surface area contributed by atoms with E-state index in [1.165, 1.54) is 0 Å². The van der Waals surface area contributed by atoms with Crippen molar-refractivity contribution in [1.29, 1.82) is 0 Å². The molecule has 1 saturated heterocycles. The second-order valence-corrected chi connectivity index (χ2v) is 6.78. The molecule has 140 valence electrons. The first-order valence-electron chi connectivity index (χ1n) is 8.94. The molecule has 0 radical (unpaired) electrons. The van der Waals surface area contributed by atoms with Gasteiger partial charge < -0.3 is 10.2 Å². The first kappa shape index (κ1) is 17.5. The van der Waals surface area contributed by atoms with Gasteiger partial charge in [-0.2, -0.15) is 0 Å². The number of likely N-dealkylation sites (N-methyl/N-ethyl adjacent to an activating group) is 1. The van der Waals surface area contributed by atoms with Crippen molar-refractivity contribution in [2.75, 3.05) is 51.6 Å². The van der Waals surface area contributed by atoms with Gasteiger partial charge in [0.05, 0.1) is 10.3 Å². The van der Waals surface area contributed by atoms with E-state index in [1.54, 1.807) is 24.7 Å². The summed E-state index contributed by atoms with van der Waals surface area (Å²) >= 11 is 0. The minimum Gasteiger partial charge on any atom is -0.353 e. The predicted molar refractivity (Wildman–Crippen MR) is 104 cm³/mol. The molecule has 3 heterocycles. The molecule has 1 aromatic carbocycles. The molecule has 0 atom stereocenters. The van der Waals surface area contributed by atoms with Crippen LogP contribution in [0.4, 0.5) is 11.6 Å². The molecule has 0 aliphatic carbocycles. The van der Waals surface area contributed by atoms with Crippen molar-refractivity contribution in [1.82, 2.24) is 24.8 Å². The Hall–Kier alpha value is -2.91. The summed E-state index contributed by atoms with van der Waals surface area (Å²) in [6, 6.07) is 3.48. The van der Waals surface area contributed by atoms with Crippen LogP contribution in [-0.4, -0.2) is 76.0 Å². The lowest BCUT2D eigenvalue weighted by Gasteiger charge is -2.32. The van der Waals surface area contributed by atoms with Crippen molar-refractivity contribution in [3.8, 4) is 0 Å². The van der Waals surface area contributed by atoms with E-state index in [4.69, 9.17) is 0 Å². The predicted octanol–water partition coefficient (Wildman–Crippen LogP) is 1.75. The molecule has 2 aromatic heterocycles. The lowest BCUT2D eigenvalue weighted by molar-refractivity contribution is -0.381. The Morgan fingerprint density at radius 3 is 2.81 bits per heavy atom. The Kier molecular flexibility index (Phi) is 4.78. The molecule has 9 nitrogen and oxygen atoms in total. The average molecular weight is 367 g/mol. The lowest BCUT2D eigenvalue weighted by atomic mass is 10.1. The molecule has 0 amide bonds. The Morgan fingerprint density at radius 1 is 1.22 bits per heavy atom. The quantitative estimate of drug-likeness (QED) is 0.413. The molecule has 4 rings (SSSR count). The molecule has 1 aliphatic rings. The summed E-state index contributed by atoms with van der Waals surface area (Å²) in [5.41, 5.74) is 0.338. The van der Waals surface area contributed by atoms with Gasteiger partial charge in [-0.05, 0) is 19.2 Å². The summed E-state index contributed by atoms with van der Waals surface area (Å²) in [5.74, 6) is 0.410. The molecular formula is C18H21N7O2. The Balaban J connectivity index is 1.57. The third-order valence-electron chi connectivity index (χ3n) is 4.95. The van der Waals surface area contributed by atoms with Gasteiger partial charge in [0.1, 0.15) is 0 Å². The van der Waals surface area contributed by atoms with Gasteiger partial charge in [0.15, 0.2) is 5.52 Å². The highest BCUT2D eigenvalue weighted by Crippen LogP contribution is 2.32. The zero-order valence-corrected chi connectivity index (χ0v) is 15.1. The smallest absolute Gasteiger partial charge is 0.303 e. The summed E-state index contributed by atoms with van der Waals surface area (Å²) in [5, 5.41) is 16.7. The van der Waals surface area contributed by atoms with E-state index < -0.39 is 0 Å². The van der Waals surface area contributed by atoms with Crippen LogP contribution >= 0.6 is 0 Å². The molecule has 0 saturated carbocycles. The highest BCUT2D eigenvalue weighted by molar-refractivity contribution is 6.06. The molecular weight excluding hydrogens is 346 g/mol. The Bertz CT molecular complexity index is 986. The van der Waals surface area contributed by atoms with Crippen molar-refractivity contribution >= 4 is 33.3 Å². The third-order valence-corrected chi connectivity index (χ3v) is 4.95. The highest BCUT2D eigenvalue weighted by Gasteiger charge is 2.20. The number of piperazine rings is 1. The number of benzene rings is 1. The van der Waals surface area contributed by atoms with Crippen LogP contribution in [0.15, 0.2) is 30.7 Å². The van der Waals surface area contributed by atoms with Gasteiger partial charge in [-0.25, -0.2) is 9.97 Å². The van der Waals surface area contributed by atoms with Crippen LogP contribution < -0.4 is 5.32 Å². The van der Waals surface area contributed by atoms with E-state index in [0.717, 1.165) is 32.7 Å². The van der Waals surface area contributed by atoms with Crippen molar-refractivity contribution in [2.45, 2.75) is 0 Å². The van der Waals surface area contributed by atoms with Crippen molar-refractivity contribution in [3.05, 3.63) is 40.8 Å². The maximum absolute atomic E-state index is 11.7. The molecule has 1 aliphatic heterocycles. The van der Waals surface area contributed by atoms with Gasteiger partial charge >= 0.3 is 5.69 Å². The van der Waals surface area contributed by atoms with Crippen molar-refractivity contribution in [3.63, 3.8) is 0 Å². The molecule has 1 fully saturated rings. The van der Waals surface area contributed by atoms with E-state index in [2.05, 4.69) is 37.1 Å². The number of anilines is 1. The summed E-state index contributed by atoms with van der Waals surface area (Å²) in [6.07, 6.45) is 4.79. The summed E-state index contributed by atoms with van der Waals surface area (Å²) in [4.78, 5) is 28.8. The summed E-state index contributed by atoms with van der Waals surface area (Å²) in [7, 11) is 2.13. The van der Waals surface area contributed by atoms with Crippen molar-refractivity contribution < 1.29 is 4.92 Å². The minimum absolute atomic E-state index is 0.00517. The van der Waals surface area contributed by atoms with Crippen LogP contribution in [0.2, 0.25) is 0 Å². The van der Waals surface area contributed by atoms with E-state index >= 15 is 0 Å². The number of non-ortho nitro benzene ring substituents is 1. The number of rotatable bonds is 5. The standard InChI is InChI=1S/C18H21N7O2/c1-23-6-8-24(9-7-23)5-4-20-18-21-12-14-10-13-11-19-3-2-15(13)17(25(26)27)16(14)22-18/h2-3,10-12H,4-9H2,1H3,(H,20,21,22). The van der Waals surface area contributed by atoms with Gasteiger partial charge in [-0.15, -0.1) is 0 Å². The average Bonchev–Trinajstić information content (AvgIpc) is 2.67. The number of nitrogens with zero attached hydrogens (tertiary/aromatic N) is 6. The first-order chi connectivity index (χ1) is 13.1. The van der Waals surface area contributed by atoms with Crippen LogP contribution in [0.25, 0.3) is 21.7 Å². The largest absolute Gasteiger partial charge is 0.353 e. The number of fused-ring (bicyclic) bond motifs is 2. The molecule has 0 unspecified atom stereocenters. The van der Waals surface area contributed by atoms with E-state index in [0.29, 0.717) is 34.2 Å². The number of hydrogen-bond donors (Lipinski definition) is 1. The van der Waals surface area contributed by atoms with Crippen LogP contribution in [0.3, 0.4) is 0 Å². The zero-order valence-electron chi connectivity index (χ0n) is 15.1. The van der Waals surface area contributed by atoms with E-state index in [-0.39, 0.29) is 10.6 Å². The van der Waals surface area contributed by atoms with Crippen molar-refractivity contribution in [2.24, 2.45) is 0 Å². The third kappa shape index (κ3) is 3.64. The zero-order chi connectivity index (χ0) is 18.8. The fourth-order valence-electron chi connectivity index (χ4n) is 3.39. The number of aromatic nitrogens is 3. The fraction of sp³-hybridized carbons (Fsp3) is 0.389. The molecule has 0 bridgehead atoms. The normalized spacial score (nSPS) is 16.0. The molecule has 1 N–H and O–H groups in total. The van der Waals surface area contributed by atoms with Crippen LogP contribution in [0.5, 0.6) is 0 Å². The SMILES string of the molecule is CN1CCN(CCNc2ncc3cc4cnccc4c([N+](=O)[O-])c3n2)CC1. The minimum atomic E-state index is -0.383. The number of hydrogen-bond acceptors (Lipinski definition) is 8. The van der Waals surface area contributed by atoms with Gasteiger partial charge in [-0.3, -0.25) is 20.0 Å². The molecule has 9 heteroatoms.